The largest absolute Gasteiger partial charge is 0.356 e. The molecule has 0 aromatic carbocycles. The molecule has 21 heavy (non-hydrogen) atoms. The van der Waals surface area contributed by atoms with Crippen molar-refractivity contribution < 1.29 is 9.59 Å². The Morgan fingerprint density at radius 1 is 1.19 bits per heavy atom. The summed E-state index contributed by atoms with van der Waals surface area (Å²) in [5.74, 6) is 0.958. The molecule has 0 saturated carbocycles. The molecule has 2 amide bonds. The van der Waals surface area contributed by atoms with Gasteiger partial charge in [-0.3, -0.25) is 9.59 Å². The van der Waals surface area contributed by atoms with E-state index in [1.54, 1.807) is 0 Å². The van der Waals surface area contributed by atoms with Gasteiger partial charge in [-0.25, -0.2) is 0 Å². The summed E-state index contributed by atoms with van der Waals surface area (Å²) in [6.07, 6.45) is 5.26. The summed E-state index contributed by atoms with van der Waals surface area (Å²) in [4.78, 5) is 25.7. The fraction of sp³-hybridized carbons (Fsp3) is 0.875. The van der Waals surface area contributed by atoms with E-state index in [1.807, 2.05) is 4.90 Å². The van der Waals surface area contributed by atoms with Gasteiger partial charge < -0.3 is 16.0 Å². The van der Waals surface area contributed by atoms with Gasteiger partial charge in [-0.05, 0) is 44.1 Å². The van der Waals surface area contributed by atoms with Gasteiger partial charge in [-0.2, -0.15) is 0 Å². The number of nitrogens with one attached hydrogen (secondary N) is 1. The Hall–Kier alpha value is -1.10. The van der Waals surface area contributed by atoms with Crippen LogP contribution in [0.5, 0.6) is 0 Å². The van der Waals surface area contributed by atoms with Crippen LogP contribution >= 0.6 is 0 Å². The van der Waals surface area contributed by atoms with Crippen LogP contribution < -0.4 is 11.1 Å². The van der Waals surface area contributed by atoms with Crippen LogP contribution in [0.15, 0.2) is 0 Å². The van der Waals surface area contributed by atoms with Gasteiger partial charge in [0.25, 0.3) is 0 Å². The molecule has 1 fully saturated rings. The minimum absolute atomic E-state index is 0.0116. The van der Waals surface area contributed by atoms with Gasteiger partial charge in [0.05, 0.1) is 0 Å². The van der Waals surface area contributed by atoms with Gasteiger partial charge in [0, 0.05) is 32.5 Å². The second-order valence-corrected chi connectivity index (χ2v) is 6.48. The summed E-state index contributed by atoms with van der Waals surface area (Å²) in [5.41, 5.74) is 5.70. The van der Waals surface area contributed by atoms with E-state index in [4.69, 9.17) is 5.73 Å². The Kier molecular flexibility index (Phi) is 8.35. The number of amides is 2. The van der Waals surface area contributed by atoms with E-state index in [9.17, 15) is 9.59 Å². The van der Waals surface area contributed by atoms with Gasteiger partial charge >= 0.3 is 0 Å². The molecule has 1 rings (SSSR count). The summed E-state index contributed by atoms with van der Waals surface area (Å²) < 4.78 is 0. The van der Waals surface area contributed by atoms with Gasteiger partial charge in [0.15, 0.2) is 0 Å². The lowest BCUT2D eigenvalue weighted by Gasteiger charge is -2.26. The highest BCUT2D eigenvalue weighted by molar-refractivity contribution is 5.79. The molecule has 1 saturated heterocycles. The minimum Gasteiger partial charge on any atom is -0.356 e. The predicted octanol–water partition coefficient (Wildman–Crippen LogP) is 1.52. The smallest absolute Gasteiger partial charge is 0.224 e. The van der Waals surface area contributed by atoms with Crippen molar-refractivity contribution in [3.05, 3.63) is 0 Å². The number of carbonyl (C=O) groups is 2. The van der Waals surface area contributed by atoms with Gasteiger partial charge in [0.2, 0.25) is 11.8 Å². The first-order valence-electron chi connectivity index (χ1n) is 8.27. The van der Waals surface area contributed by atoms with Gasteiger partial charge in [-0.1, -0.05) is 13.8 Å². The molecule has 1 aliphatic heterocycles. The molecular formula is C16H31N3O2. The SMILES string of the molecule is CC(C)CC(CN)CC(=O)NCCC(=O)N1CCCCC1. The molecule has 122 valence electrons. The number of hydrogen-bond acceptors (Lipinski definition) is 3. The summed E-state index contributed by atoms with van der Waals surface area (Å²) >= 11 is 0. The molecule has 3 N–H and O–H groups in total. The maximum atomic E-state index is 12.0. The average Bonchev–Trinajstić information content (AvgIpc) is 2.46. The summed E-state index contributed by atoms with van der Waals surface area (Å²) in [6.45, 7) is 6.99. The summed E-state index contributed by atoms with van der Waals surface area (Å²) in [7, 11) is 0. The lowest BCUT2D eigenvalue weighted by molar-refractivity contribution is -0.132. The maximum absolute atomic E-state index is 12.0. The zero-order valence-electron chi connectivity index (χ0n) is 13.6. The Bertz CT molecular complexity index is 325. The zero-order valence-corrected chi connectivity index (χ0v) is 13.6. The molecule has 0 aliphatic carbocycles. The van der Waals surface area contributed by atoms with E-state index in [1.165, 1.54) is 6.42 Å². The van der Waals surface area contributed by atoms with Crippen molar-refractivity contribution in [3.8, 4) is 0 Å². The van der Waals surface area contributed by atoms with Crippen LogP contribution in [0.3, 0.4) is 0 Å². The predicted molar refractivity (Wildman–Crippen MR) is 84.7 cm³/mol. The first-order valence-corrected chi connectivity index (χ1v) is 8.27. The third-order valence-electron chi connectivity index (χ3n) is 3.98. The molecule has 1 atom stereocenters. The van der Waals surface area contributed by atoms with Crippen LogP contribution in [-0.4, -0.2) is 42.9 Å². The van der Waals surface area contributed by atoms with Crippen LogP contribution in [0.25, 0.3) is 0 Å². The molecular weight excluding hydrogens is 266 g/mol. The molecule has 1 unspecified atom stereocenters. The number of hydrogen-bond donors (Lipinski definition) is 2. The van der Waals surface area contributed by atoms with E-state index >= 15 is 0 Å². The molecule has 1 heterocycles. The number of nitrogens with zero attached hydrogens (tertiary/aromatic N) is 1. The van der Waals surface area contributed by atoms with E-state index in [2.05, 4.69) is 19.2 Å². The Morgan fingerprint density at radius 2 is 1.86 bits per heavy atom. The molecule has 0 bridgehead atoms. The number of carbonyl (C=O) groups excluding carboxylic acids is 2. The Morgan fingerprint density at radius 3 is 2.43 bits per heavy atom. The number of nitrogens with two attached hydrogens (primary N) is 1. The lowest BCUT2D eigenvalue weighted by atomic mass is 9.94. The molecule has 5 nitrogen and oxygen atoms in total. The first kappa shape index (κ1) is 18.0. The van der Waals surface area contributed by atoms with Crippen molar-refractivity contribution in [3.63, 3.8) is 0 Å². The zero-order chi connectivity index (χ0) is 15.7. The molecule has 0 aromatic heterocycles. The molecule has 0 aromatic rings. The number of rotatable bonds is 8. The van der Waals surface area contributed by atoms with E-state index in [0.29, 0.717) is 31.8 Å². The van der Waals surface area contributed by atoms with Crippen molar-refractivity contribution >= 4 is 11.8 Å². The van der Waals surface area contributed by atoms with Crippen LogP contribution in [0.4, 0.5) is 0 Å². The van der Waals surface area contributed by atoms with Crippen molar-refractivity contribution in [2.24, 2.45) is 17.6 Å². The maximum Gasteiger partial charge on any atom is 0.224 e. The van der Waals surface area contributed by atoms with E-state index in [-0.39, 0.29) is 17.7 Å². The highest BCUT2D eigenvalue weighted by Crippen LogP contribution is 2.14. The molecule has 5 heteroatoms. The van der Waals surface area contributed by atoms with E-state index < -0.39 is 0 Å². The van der Waals surface area contributed by atoms with Crippen LogP contribution in [0, 0.1) is 11.8 Å². The number of likely N-dealkylation sites (tertiary alicyclic amines) is 1. The van der Waals surface area contributed by atoms with Crippen molar-refractivity contribution in [1.82, 2.24) is 10.2 Å². The molecule has 0 spiro atoms. The number of piperidine rings is 1. The fourth-order valence-corrected chi connectivity index (χ4v) is 2.87. The fourth-order valence-electron chi connectivity index (χ4n) is 2.87. The standard InChI is InChI=1S/C16H31N3O2/c1-13(2)10-14(12-17)11-15(20)18-7-6-16(21)19-8-4-3-5-9-19/h13-14H,3-12,17H2,1-2H3,(H,18,20). The third-order valence-corrected chi connectivity index (χ3v) is 3.98. The quantitative estimate of drug-likeness (QED) is 0.713. The Labute approximate surface area is 128 Å². The van der Waals surface area contributed by atoms with Crippen molar-refractivity contribution in [2.45, 2.75) is 52.4 Å². The summed E-state index contributed by atoms with van der Waals surface area (Å²) in [5, 5.41) is 2.85. The van der Waals surface area contributed by atoms with Crippen LogP contribution in [0.1, 0.15) is 52.4 Å². The normalized spacial score (nSPS) is 16.9. The van der Waals surface area contributed by atoms with Crippen LogP contribution in [-0.2, 0) is 9.59 Å². The topological polar surface area (TPSA) is 75.4 Å². The van der Waals surface area contributed by atoms with Gasteiger partial charge in [-0.15, -0.1) is 0 Å². The van der Waals surface area contributed by atoms with Crippen molar-refractivity contribution in [2.75, 3.05) is 26.2 Å². The van der Waals surface area contributed by atoms with Crippen molar-refractivity contribution in [1.29, 1.82) is 0 Å². The highest BCUT2D eigenvalue weighted by atomic mass is 16.2. The summed E-state index contributed by atoms with van der Waals surface area (Å²) in [6, 6.07) is 0. The van der Waals surface area contributed by atoms with Crippen LogP contribution in [0.2, 0.25) is 0 Å². The highest BCUT2D eigenvalue weighted by Gasteiger charge is 2.17. The third kappa shape index (κ3) is 7.46. The monoisotopic (exact) mass is 297 g/mol. The second-order valence-electron chi connectivity index (χ2n) is 6.48. The second kappa shape index (κ2) is 9.77. The molecule has 1 aliphatic rings. The molecule has 0 radical (unpaired) electrons. The lowest BCUT2D eigenvalue weighted by Crippen LogP contribution is -2.38. The van der Waals surface area contributed by atoms with Gasteiger partial charge in [0.1, 0.15) is 0 Å². The minimum atomic E-state index is 0.0116. The Balaban J connectivity index is 2.18. The first-order chi connectivity index (χ1) is 10.0. The van der Waals surface area contributed by atoms with E-state index in [0.717, 1.165) is 32.4 Å². The average molecular weight is 297 g/mol.